The number of benzene rings is 1. The lowest BCUT2D eigenvalue weighted by Gasteiger charge is -2.44. The van der Waals surface area contributed by atoms with Crippen LogP contribution in [0.1, 0.15) is 30.6 Å². The van der Waals surface area contributed by atoms with E-state index in [1.807, 2.05) is 23.5 Å². The molecule has 0 aliphatic carbocycles. The van der Waals surface area contributed by atoms with Crippen molar-refractivity contribution < 1.29 is 4.39 Å². The quantitative estimate of drug-likeness (QED) is 0.723. The number of rotatable bonds is 5. The zero-order valence-corrected chi connectivity index (χ0v) is 18.5. The van der Waals surface area contributed by atoms with E-state index in [0.29, 0.717) is 6.04 Å². The maximum absolute atomic E-state index is 13.2. The van der Waals surface area contributed by atoms with Gasteiger partial charge in [0.2, 0.25) is 0 Å². The smallest absolute Gasteiger partial charge is 0.185 e. The van der Waals surface area contributed by atoms with Crippen molar-refractivity contribution in [2.45, 2.75) is 38.3 Å². The Morgan fingerprint density at radius 2 is 1.67 bits per heavy atom. The highest BCUT2D eigenvalue weighted by Crippen LogP contribution is 2.28. The maximum atomic E-state index is 13.2. The maximum Gasteiger partial charge on any atom is 0.185 e. The number of aromatic nitrogens is 1. The number of piperidine rings is 1. The summed E-state index contributed by atoms with van der Waals surface area (Å²) in [6, 6.07) is 7.59. The number of halogens is 1. The highest BCUT2D eigenvalue weighted by molar-refractivity contribution is 7.15. The Morgan fingerprint density at radius 3 is 2.43 bits per heavy atom. The Labute approximate surface area is 183 Å². The molecule has 5 rings (SSSR count). The molecule has 4 heterocycles. The first-order valence-electron chi connectivity index (χ1n) is 11.4. The van der Waals surface area contributed by atoms with Gasteiger partial charge in [0.1, 0.15) is 5.82 Å². The van der Waals surface area contributed by atoms with Crippen LogP contribution in [0.15, 0.2) is 30.5 Å². The molecule has 1 aromatic heterocycles. The molecule has 3 aliphatic rings. The second-order valence-corrected chi connectivity index (χ2v) is 9.93. The van der Waals surface area contributed by atoms with Gasteiger partial charge < -0.3 is 9.80 Å². The first-order valence-corrected chi connectivity index (χ1v) is 12.2. The average Bonchev–Trinajstić information content (AvgIpc) is 3.47. The second kappa shape index (κ2) is 9.20. The summed E-state index contributed by atoms with van der Waals surface area (Å²) >= 11 is 1.89. The molecule has 0 unspecified atom stereocenters. The summed E-state index contributed by atoms with van der Waals surface area (Å²) in [6.07, 6.45) is 7.28. The SMILES string of the molecule is Fc1ccc(N2CCN([C@@H]3CCCN(Cc4cnc(N5CCCC5)s4)C3)CC2)cc1. The number of piperazine rings is 1. The van der Waals surface area contributed by atoms with E-state index in [0.717, 1.165) is 45.0 Å². The van der Waals surface area contributed by atoms with Crippen molar-refractivity contribution >= 4 is 22.2 Å². The fourth-order valence-corrected chi connectivity index (χ4v) is 6.12. The number of anilines is 2. The van der Waals surface area contributed by atoms with Crippen molar-refractivity contribution in [2.75, 3.05) is 62.2 Å². The lowest BCUT2D eigenvalue weighted by Crippen LogP contribution is -2.55. The van der Waals surface area contributed by atoms with Crippen LogP contribution in [-0.4, -0.2) is 73.2 Å². The van der Waals surface area contributed by atoms with Gasteiger partial charge in [-0.3, -0.25) is 9.80 Å². The van der Waals surface area contributed by atoms with Crippen LogP contribution in [0.3, 0.4) is 0 Å². The summed E-state index contributed by atoms with van der Waals surface area (Å²) in [5.41, 5.74) is 1.14. The summed E-state index contributed by atoms with van der Waals surface area (Å²) in [7, 11) is 0. The largest absolute Gasteiger partial charge is 0.369 e. The minimum absolute atomic E-state index is 0.159. The summed E-state index contributed by atoms with van der Waals surface area (Å²) in [5, 5.41) is 1.22. The first-order chi connectivity index (χ1) is 14.7. The van der Waals surface area contributed by atoms with Gasteiger partial charge >= 0.3 is 0 Å². The minimum Gasteiger partial charge on any atom is -0.369 e. The van der Waals surface area contributed by atoms with Crippen molar-refractivity contribution in [3.63, 3.8) is 0 Å². The van der Waals surface area contributed by atoms with Crippen LogP contribution >= 0.6 is 11.3 Å². The van der Waals surface area contributed by atoms with Crippen LogP contribution in [0.4, 0.5) is 15.2 Å². The highest BCUT2D eigenvalue weighted by atomic mass is 32.1. The van der Waals surface area contributed by atoms with Gasteiger partial charge in [0.15, 0.2) is 5.13 Å². The molecule has 0 bridgehead atoms. The van der Waals surface area contributed by atoms with E-state index in [1.54, 1.807) is 12.1 Å². The molecule has 7 heteroatoms. The van der Waals surface area contributed by atoms with E-state index < -0.39 is 0 Å². The zero-order valence-electron chi connectivity index (χ0n) is 17.7. The van der Waals surface area contributed by atoms with Gasteiger partial charge in [-0.2, -0.15) is 0 Å². The molecular formula is C23H32FN5S. The van der Waals surface area contributed by atoms with Crippen LogP contribution in [0.2, 0.25) is 0 Å². The van der Waals surface area contributed by atoms with E-state index in [4.69, 9.17) is 4.98 Å². The van der Waals surface area contributed by atoms with Crippen molar-refractivity contribution in [2.24, 2.45) is 0 Å². The van der Waals surface area contributed by atoms with Gasteiger partial charge in [-0.25, -0.2) is 9.37 Å². The molecule has 1 aromatic carbocycles. The third-order valence-corrected chi connectivity index (χ3v) is 7.84. The summed E-state index contributed by atoms with van der Waals surface area (Å²) in [5.74, 6) is -0.159. The molecule has 0 saturated carbocycles. The number of nitrogens with zero attached hydrogens (tertiary/aromatic N) is 5. The van der Waals surface area contributed by atoms with Gasteiger partial charge in [0.05, 0.1) is 0 Å². The molecule has 3 aliphatic heterocycles. The molecule has 0 spiro atoms. The summed E-state index contributed by atoms with van der Waals surface area (Å²) in [6.45, 7) is 9.97. The third kappa shape index (κ3) is 4.63. The fraction of sp³-hybridized carbons (Fsp3) is 0.609. The van der Waals surface area contributed by atoms with Gasteiger partial charge in [-0.15, -0.1) is 11.3 Å². The van der Waals surface area contributed by atoms with Crippen LogP contribution in [-0.2, 0) is 6.54 Å². The standard InChI is InChI=1S/C23H32FN5S/c24-19-5-7-20(8-6-19)27-12-14-28(15-13-27)21-4-3-9-26(17-21)18-22-16-25-23(30-22)29-10-1-2-11-29/h5-8,16,21H,1-4,9-15,17-18H2/t21-/m1/s1. The highest BCUT2D eigenvalue weighted by Gasteiger charge is 2.28. The summed E-state index contributed by atoms with van der Waals surface area (Å²) < 4.78 is 13.2. The molecule has 2 aromatic rings. The van der Waals surface area contributed by atoms with E-state index in [-0.39, 0.29) is 5.82 Å². The Balaban J connectivity index is 1.13. The monoisotopic (exact) mass is 429 g/mol. The third-order valence-electron chi connectivity index (χ3n) is 6.80. The fourth-order valence-electron chi connectivity index (χ4n) is 5.12. The average molecular weight is 430 g/mol. The predicted molar refractivity (Wildman–Crippen MR) is 122 cm³/mol. The Bertz CT molecular complexity index is 811. The zero-order chi connectivity index (χ0) is 20.3. The summed E-state index contributed by atoms with van der Waals surface area (Å²) in [4.78, 5) is 16.2. The molecule has 0 amide bonds. The van der Waals surface area contributed by atoms with Gasteiger partial charge in [-0.1, -0.05) is 0 Å². The Morgan fingerprint density at radius 1 is 0.900 bits per heavy atom. The molecular weight excluding hydrogens is 397 g/mol. The first kappa shape index (κ1) is 20.2. The van der Waals surface area contributed by atoms with E-state index >= 15 is 0 Å². The van der Waals surface area contributed by atoms with Crippen molar-refractivity contribution in [3.8, 4) is 0 Å². The lowest BCUT2D eigenvalue weighted by molar-refractivity contribution is 0.0893. The molecule has 30 heavy (non-hydrogen) atoms. The minimum atomic E-state index is -0.159. The molecule has 162 valence electrons. The molecule has 1 atom stereocenters. The number of hydrogen-bond acceptors (Lipinski definition) is 6. The molecule has 0 N–H and O–H groups in total. The van der Waals surface area contributed by atoms with Gasteiger partial charge in [0, 0.05) is 75.2 Å². The van der Waals surface area contributed by atoms with E-state index in [1.165, 1.54) is 55.3 Å². The van der Waals surface area contributed by atoms with E-state index in [9.17, 15) is 4.39 Å². The second-order valence-electron chi connectivity index (χ2n) is 8.83. The van der Waals surface area contributed by atoms with Gasteiger partial charge in [0.25, 0.3) is 0 Å². The molecule has 3 saturated heterocycles. The lowest BCUT2D eigenvalue weighted by atomic mass is 10.0. The predicted octanol–water partition coefficient (Wildman–Crippen LogP) is 3.67. The van der Waals surface area contributed by atoms with Gasteiger partial charge in [-0.05, 0) is 56.5 Å². The van der Waals surface area contributed by atoms with Crippen LogP contribution in [0.25, 0.3) is 0 Å². The number of likely N-dealkylation sites (tertiary alicyclic amines) is 1. The molecule has 3 fully saturated rings. The topological polar surface area (TPSA) is 25.9 Å². The van der Waals surface area contributed by atoms with Crippen molar-refractivity contribution in [3.05, 3.63) is 41.2 Å². The number of thiazole rings is 1. The molecule has 0 radical (unpaired) electrons. The Kier molecular flexibility index (Phi) is 6.20. The molecule has 5 nitrogen and oxygen atoms in total. The normalized spacial score (nSPS) is 24.0. The van der Waals surface area contributed by atoms with Crippen LogP contribution < -0.4 is 9.80 Å². The van der Waals surface area contributed by atoms with Crippen LogP contribution in [0.5, 0.6) is 0 Å². The van der Waals surface area contributed by atoms with Crippen LogP contribution in [0, 0.1) is 5.82 Å². The van der Waals surface area contributed by atoms with Crippen molar-refractivity contribution in [1.82, 2.24) is 14.8 Å². The van der Waals surface area contributed by atoms with E-state index in [2.05, 4.69) is 25.8 Å². The number of hydrogen-bond donors (Lipinski definition) is 0. The van der Waals surface area contributed by atoms with Crippen molar-refractivity contribution in [1.29, 1.82) is 0 Å². The Hall–Kier alpha value is -1.70.